The van der Waals surface area contributed by atoms with Gasteiger partial charge >= 0.3 is 0 Å². The lowest BCUT2D eigenvalue weighted by atomic mass is 10.1. The molecule has 1 aromatic carbocycles. The average molecular weight is 470 g/mol. The van der Waals surface area contributed by atoms with E-state index in [0.29, 0.717) is 24.6 Å². The molecule has 1 aliphatic heterocycles. The van der Waals surface area contributed by atoms with Crippen LogP contribution in [0.2, 0.25) is 0 Å². The van der Waals surface area contributed by atoms with Gasteiger partial charge in [-0.3, -0.25) is 14.4 Å². The molecule has 0 saturated carbocycles. The molecule has 1 unspecified atom stereocenters. The summed E-state index contributed by atoms with van der Waals surface area (Å²) in [5.41, 5.74) is 0.297. The molecule has 3 rings (SSSR count). The first kappa shape index (κ1) is 25.3. The standard InChI is InChI=1S/C26H35N3O5/c1-5-18(2)29-16-20(24(30)21(17-29)26(32)28-12-8-6-7-9-13-28)25(31)27-15-19-10-11-22(33-3)23(14-19)34-4/h10-11,14,16-18H,5-9,12-13,15H2,1-4H3,(H,27,31). The Balaban J connectivity index is 1.88. The Morgan fingerprint density at radius 1 is 1.00 bits per heavy atom. The van der Waals surface area contributed by atoms with E-state index in [0.717, 1.165) is 37.7 Å². The van der Waals surface area contributed by atoms with Crippen molar-refractivity contribution in [1.82, 2.24) is 14.8 Å². The fourth-order valence-electron chi connectivity index (χ4n) is 4.09. The number of hydrogen-bond acceptors (Lipinski definition) is 5. The number of carbonyl (C=O) groups excluding carboxylic acids is 2. The Morgan fingerprint density at radius 3 is 2.26 bits per heavy atom. The Morgan fingerprint density at radius 2 is 1.65 bits per heavy atom. The van der Waals surface area contributed by atoms with Crippen molar-refractivity contribution in [2.24, 2.45) is 0 Å². The van der Waals surface area contributed by atoms with E-state index in [9.17, 15) is 14.4 Å². The van der Waals surface area contributed by atoms with Gasteiger partial charge in [0.25, 0.3) is 11.8 Å². The van der Waals surface area contributed by atoms with Gasteiger partial charge in [-0.25, -0.2) is 0 Å². The van der Waals surface area contributed by atoms with E-state index in [-0.39, 0.29) is 29.6 Å². The Hall–Kier alpha value is -3.29. The fraction of sp³-hybridized carbons (Fsp3) is 0.500. The smallest absolute Gasteiger partial charge is 0.259 e. The van der Waals surface area contributed by atoms with Crippen LogP contribution in [-0.4, -0.2) is 48.6 Å². The SMILES string of the molecule is CCC(C)n1cc(C(=O)NCc2ccc(OC)c(OC)c2)c(=O)c(C(=O)N2CCCCCC2)c1. The van der Waals surface area contributed by atoms with Crippen molar-refractivity contribution in [3.63, 3.8) is 0 Å². The van der Waals surface area contributed by atoms with Crippen LogP contribution in [0.15, 0.2) is 35.4 Å². The van der Waals surface area contributed by atoms with Gasteiger partial charge in [-0.15, -0.1) is 0 Å². The number of pyridine rings is 1. The van der Waals surface area contributed by atoms with Crippen molar-refractivity contribution in [2.75, 3.05) is 27.3 Å². The van der Waals surface area contributed by atoms with E-state index in [4.69, 9.17) is 9.47 Å². The van der Waals surface area contributed by atoms with Gasteiger partial charge in [0.05, 0.1) is 14.2 Å². The maximum atomic E-state index is 13.3. The van der Waals surface area contributed by atoms with Crippen LogP contribution in [0.4, 0.5) is 0 Å². The normalized spacial score (nSPS) is 14.8. The number of carbonyl (C=O) groups is 2. The van der Waals surface area contributed by atoms with Gasteiger partial charge in [0.2, 0.25) is 5.43 Å². The quantitative estimate of drug-likeness (QED) is 0.635. The number of hydrogen-bond donors (Lipinski definition) is 1. The number of benzene rings is 1. The summed E-state index contributed by atoms with van der Waals surface area (Å²) in [5.74, 6) is 0.341. The number of likely N-dealkylation sites (tertiary alicyclic amines) is 1. The molecule has 1 aromatic heterocycles. The minimum Gasteiger partial charge on any atom is -0.493 e. The highest BCUT2D eigenvalue weighted by molar-refractivity contribution is 5.99. The van der Waals surface area contributed by atoms with E-state index < -0.39 is 11.3 Å². The molecule has 0 aliphatic carbocycles. The lowest BCUT2D eigenvalue weighted by Gasteiger charge is -2.22. The highest BCUT2D eigenvalue weighted by atomic mass is 16.5. The van der Waals surface area contributed by atoms with Crippen LogP contribution in [0.1, 0.15) is 78.3 Å². The highest BCUT2D eigenvalue weighted by Crippen LogP contribution is 2.27. The summed E-state index contributed by atoms with van der Waals surface area (Å²) in [6.07, 6.45) is 7.98. The van der Waals surface area contributed by atoms with E-state index in [1.807, 2.05) is 19.9 Å². The summed E-state index contributed by atoms with van der Waals surface area (Å²) >= 11 is 0. The van der Waals surface area contributed by atoms with Gasteiger partial charge in [0, 0.05) is 38.1 Å². The third kappa shape index (κ3) is 5.79. The fourth-order valence-corrected chi connectivity index (χ4v) is 4.09. The molecule has 1 N–H and O–H groups in total. The highest BCUT2D eigenvalue weighted by Gasteiger charge is 2.24. The molecule has 0 bridgehead atoms. The molecule has 1 fully saturated rings. The number of ether oxygens (including phenoxy) is 2. The zero-order chi connectivity index (χ0) is 24.7. The summed E-state index contributed by atoms with van der Waals surface area (Å²) in [4.78, 5) is 41.4. The Bertz CT molecular complexity index is 1070. The monoisotopic (exact) mass is 469 g/mol. The van der Waals surface area contributed by atoms with Gasteiger partial charge in [0.15, 0.2) is 11.5 Å². The molecule has 2 amide bonds. The Labute approximate surface area is 200 Å². The first-order chi connectivity index (χ1) is 16.4. The van der Waals surface area contributed by atoms with E-state index in [1.54, 1.807) is 48.2 Å². The van der Waals surface area contributed by atoms with Crippen molar-refractivity contribution in [1.29, 1.82) is 0 Å². The number of aromatic nitrogens is 1. The minimum atomic E-state index is -0.529. The van der Waals surface area contributed by atoms with Gasteiger partial charge in [-0.2, -0.15) is 0 Å². The minimum absolute atomic E-state index is 0.0264. The molecule has 34 heavy (non-hydrogen) atoms. The second-order valence-corrected chi connectivity index (χ2v) is 8.70. The van der Waals surface area contributed by atoms with Crippen molar-refractivity contribution in [3.8, 4) is 11.5 Å². The first-order valence-corrected chi connectivity index (χ1v) is 11.9. The first-order valence-electron chi connectivity index (χ1n) is 11.9. The molecule has 1 atom stereocenters. The zero-order valence-electron chi connectivity index (χ0n) is 20.6. The maximum Gasteiger partial charge on any atom is 0.259 e. The average Bonchev–Trinajstić information content (AvgIpc) is 3.16. The van der Waals surface area contributed by atoms with Crippen LogP contribution < -0.4 is 20.2 Å². The van der Waals surface area contributed by atoms with E-state index >= 15 is 0 Å². The summed E-state index contributed by atoms with van der Waals surface area (Å²) in [5, 5.41) is 2.81. The lowest BCUT2D eigenvalue weighted by Crippen LogP contribution is -2.38. The van der Waals surface area contributed by atoms with Gasteiger partial charge in [-0.1, -0.05) is 25.8 Å². The number of rotatable bonds is 8. The largest absolute Gasteiger partial charge is 0.493 e. The maximum absolute atomic E-state index is 13.3. The third-order valence-electron chi connectivity index (χ3n) is 6.41. The number of amides is 2. The molecule has 8 nitrogen and oxygen atoms in total. The lowest BCUT2D eigenvalue weighted by molar-refractivity contribution is 0.0759. The zero-order valence-corrected chi connectivity index (χ0v) is 20.6. The molecule has 8 heteroatoms. The topological polar surface area (TPSA) is 89.9 Å². The number of nitrogens with zero attached hydrogens (tertiary/aromatic N) is 2. The van der Waals surface area contributed by atoms with Crippen molar-refractivity contribution >= 4 is 11.8 Å². The van der Waals surface area contributed by atoms with Crippen LogP contribution in [-0.2, 0) is 6.54 Å². The van der Waals surface area contributed by atoms with Gasteiger partial charge < -0.3 is 24.3 Å². The molecule has 1 saturated heterocycles. The van der Waals surface area contributed by atoms with Crippen molar-refractivity contribution in [2.45, 2.75) is 58.5 Å². The molecule has 184 valence electrons. The van der Waals surface area contributed by atoms with Crippen molar-refractivity contribution in [3.05, 3.63) is 57.5 Å². The molecular weight excluding hydrogens is 434 g/mol. The molecule has 1 aliphatic rings. The molecular formula is C26H35N3O5. The van der Waals surface area contributed by atoms with E-state index in [1.165, 1.54) is 0 Å². The summed E-state index contributed by atoms with van der Waals surface area (Å²) in [7, 11) is 3.10. The second-order valence-electron chi connectivity index (χ2n) is 8.70. The number of nitrogens with one attached hydrogen (secondary N) is 1. The summed E-state index contributed by atoms with van der Waals surface area (Å²) < 4.78 is 12.4. The predicted molar refractivity (Wildman–Crippen MR) is 131 cm³/mol. The van der Waals surface area contributed by atoms with Crippen molar-refractivity contribution < 1.29 is 19.1 Å². The van der Waals surface area contributed by atoms with Crippen LogP contribution in [0.3, 0.4) is 0 Å². The molecule has 2 heterocycles. The molecule has 0 spiro atoms. The number of methoxy groups -OCH3 is 2. The summed E-state index contributed by atoms with van der Waals surface area (Å²) in [6, 6.07) is 5.39. The van der Waals surface area contributed by atoms with Crippen LogP contribution in [0, 0.1) is 0 Å². The molecule has 2 aromatic rings. The van der Waals surface area contributed by atoms with Crippen LogP contribution in [0.5, 0.6) is 11.5 Å². The van der Waals surface area contributed by atoms with Gasteiger partial charge in [0.1, 0.15) is 11.1 Å². The third-order valence-corrected chi connectivity index (χ3v) is 6.41. The summed E-state index contributed by atoms with van der Waals surface area (Å²) in [6.45, 7) is 5.49. The van der Waals surface area contributed by atoms with Gasteiger partial charge in [-0.05, 0) is 43.9 Å². The van der Waals surface area contributed by atoms with Crippen LogP contribution in [0.25, 0.3) is 0 Å². The second kappa shape index (κ2) is 11.7. The predicted octanol–water partition coefficient (Wildman–Crippen LogP) is 3.78. The van der Waals surface area contributed by atoms with Crippen LogP contribution >= 0.6 is 0 Å². The molecule has 0 radical (unpaired) electrons. The van der Waals surface area contributed by atoms with E-state index in [2.05, 4.69) is 5.32 Å². The Kier molecular flexibility index (Phi) is 8.73.